The van der Waals surface area contributed by atoms with E-state index in [1.165, 1.54) is 49.5 Å². The summed E-state index contributed by atoms with van der Waals surface area (Å²) in [6, 6.07) is 9.64. The van der Waals surface area contributed by atoms with E-state index in [9.17, 15) is 0 Å². The van der Waals surface area contributed by atoms with Crippen LogP contribution < -0.4 is 5.32 Å². The van der Waals surface area contributed by atoms with Crippen molar-refractivity contribution in [2.24, 2.45) is 0 Å². The number of thioether (sulfide) groups is 1. The molecule has 1 saturated heterocycles. The fourth-order valence-corrected chi connectivity index (χ4v) is 3.89. The largest absolute Gasteiger partial charge is 0.312 e. The molecule has 3 heteroatoms. The van der Waals surface area contributed by atoms with Crippen molar-refractivity contribution >= 4 is 11.8 Å². The molecule has 1 aromatic rings. The highest BCUT2D eigenvalue weighted by Gasteiger charge is 2.18. The van der Waals surface area contributed by atoms with Crippen molar-refractivity contribution < 1.29 is 0 Å². The van der Waals surface area contributed by atoms with Crippen LogP contribution in [0.2, 0.25) is 0 Å². The normalized spacial score (nSPS) is 24.8. The molecule has 1 fully saturated rings. The van der Waals surface area contributed by atoms with Gasteiger partial charge in [0.2, 0.25) is 0 Å². The SMILES string of the molecule is c1ccc2c(c1)CCN(CCC1CSCCN1)C2. The van der Waals surface area contributed by atoms with E-state index in [1.807, 2.05) is 0 Å². The molecular formula is C15H22N2S. The molecule has 2 nitrogen and oxygen atoms in total. The molecule has 0 bridgehead atoms. The molecule has 0 saturated carbocycles. The van der Waals surface area contributed by atoms with Gasteiger partial charge in [-0.3, -0.25) is 4.90 Å². The van der Waals surface area contributed by atoms with Crippen LogP contribution in [0.4, 0.5) is 0 Å². The van der Waals surface area contributed by atoms with Crippen molar-refractivity contribution in [1.29, 1.82) is 0 Å². The van der Waals surface area contributed by atoms with Crippen LogP contribution in [0.1, 0.15) is 17.5 Å². The fourth-order valence-electron chi connectivity index (χ4n) is 2.89. The summed E-state index contributed by atoms with van der Waals surface area (Å²) < 4.78 is 0. The summed E-state index contributed by atoms with van der Waals surface area (Å²) in [5, 5.41) is 3.63. The molecule has 0 amide bonds. The molecule has 3 rings (SSSR count). The van der Waals surface area contributed by atoms with Gasteiger partial charge in [0.15, 0.2) is 0 Å². The average Bonchev–Trinajstić information content (AvgIpc) is 2.46. The fraction of sp³-hybridized carbons (Fsp3) is 0.600. The quantitative estimate of drug-likeness (QED) is 0.898. The Labute approximate surface area is 114 Å². The maximum absolute atomic E-state index is 3.63. The van der Waals surface area contributed by atoms with Gasteiger partial charge in [0, 0.05) is 43.7 Å². The van der Waals surface area contributed by atoms with Crippen LogP contribution in [0, 0.1) is 0 Å². The lowest BCUT2D eigenvalue weighted by atomic mass is 9.99. The first-order valence-corrected chi connectivity index (χ1v) is 8.17. The van der Waals surface area contributed by atoms with Gasteiger partial charge in [-0.25, -0.2) is 0 Å². The topological polar surface area (TPSA) is 15.3 Å². The van der Waals surface area contributed by atoms with Gasteiger partial charge in [-0.15, -0.1) is 0 Å². The standard InChI is InChI=1S/C15H22N2S/c1-2-4-14-11-17(8-5-13(14)3-1)9-6-15-12-18-10-7-16-15/h1-4,15-16H,5-12H2. The number of fused-ring (bicyclic) bond motifs is 1. The van der Waals surface area contributed by atoms with E-state index >= 15 is 0 Å². The van der Waals surface area contributed by atoms with Gasteiger partial charge in [-0.05, 0) is 24.0 Å². The monoisotopic (exact) mass is 262 g/mol. The summed E-state index contributed by atoms with van der Waals surface area (Å²) in [4.78, 5) is 2.61. The van der Waals surface area contributed by atoms with E-state index < -0.39 is 0 Å². The minimum atomic E-state index is 0.737. The third-order valence-electron chi connectivity index (χ3n) is 4.00. The van der Waals surface area contributed by atoms with Crippen molar-refractivity contribution in [3.63, 3.8) is 0 Å². The highest BCUT2D eigenvalue weighted by atomic mass is 32.2. The predicted molar refractivity (Wildman–Crippen MR) is 79.2 cm³/mol. The maximum Gasteiger partial charge on any atom is 0.0236 e. The average molecular weight is 262 g/mol. The van der Waals surface area contributed by atoms with Gasteiger partial charge in [0.05, 0.1) is 0 Å². The van der Waals surface area contributed by atoms with E-state index in [-0.39, 0.29) is 0 Å². The third kappa shape index (κ3) is 3.08. The van der Waals surface area contributed by atoms with Crippen LogP contribution in [0.15, 0.2) is 24.3 Å². The smallest absolute Gasteiger partial charge is 0.0236 e. The van der Waals surface area contributed by atoms with E-state index in [0.717, 1.165) is 12.6 Å². The molecule has 2 heterocycles. The van der Waals surface area contributed by atoms with E-state index in [1.54, 1.807) is 5.56 Å². The van der Waals surface area contributed by atoms with E-state index in [2.05, 4.69) is 46.2 Å². The number of benzene rings is 1. The molecule has 1 atom stereocenters. The first-order chi connectivity index (χ1) is 8.92. The van der Waals surface area contributed by atoms with Gasteiger partial charge in [-0.1, -0.05) is 24.3 Å². The lowest BCUT2D eigenvalue weighted by Gasteiger charge is -2.31. The second kappa shape index (κ2) is 6.09. The van der Waals surface area contributed by atoms with Crippen LogP contribution in [0.25, 0.3) is 0 Å². The van der Waals surface area contributed by atoms with Crippen LogP contribution in [0.3, 0.4) is 0 Å². The lowest BCUT2D eigenvalue weighted by Crippen LogP contribution is -2.41. The van der Waals surface area contributed by atoms with Crippen LogP contribution >= 0.6 is 11.8 Å². The molecule has 1 unspecified atom stereocenters. The Bertz CT molecular complexity index is 388. The number of nitrogens with one attached hydrogen (secondary N) is 1. The minimum absolute atomic E-state index is 0.737. The van der Waals surface area contributed by atoms with Crippen molar-refractivity contribution in [2.75, 3.05) is 31.1 Å². The Balaban J connectivity index is 1.50. The second-order valence-corrected chi connectivity index (χ2v) is 6.46. The Morgan fingerprint density at radius 2 is 2.17 bits per heavy atom. The zero-order valence-corrected chi connectivity index (χ0v) is 11.7. The zero-order chi connectivity index (χ0) is 12.2. The molecule has 0 aliphatic carbocycles. The first-order valence-electron chi connectivity index (χ1n) is 7.02. The number of rotatable bonds is 3. The summed E-state index contributed by atoms with van der Waals surface area (Å²) >= 11 is 2.10. The molecule has 98 valence electrons. The second-order valence-electron chi connectivity index (χ2n) is 5.31. The first kappa shape index (κ1) is 12.5. The van der Waals surface area contributed by atoms with Crippen LogP contribution in [0.5, 0.6) is 0 Å². The van der Waals surface area contributed by atoms with Crippen LogP contribution in [-0.2, 0) is 13.0 Å². The van der Waals surface area contributed by atoms with Crippen molar-refractivity contribution in [3.8, 4) is 0 Å². The number of hydrogen-bond donors (Lipinski definition) is 1. The van der Waals surface area contributed by atoms with Crippen LogP contribution in [-0.4, -0.2) is 42.1 Å². The van der Waals surface area contributed by atoms with Gasteiger partial charge in [0.25, 0.3) is 0 Å². The molecule has 18 heavy (non-hydrogen) atoms. The molecular weight excluding hydrogens is 240 g/mol. The maximum atomic E-state index is 3.63. The highest BCUT2D eigenvalue weighted by molar-refractivity contribution is 7.99. The molecule has 1 aromatic carbocycles. The molecule has 1 N–H and O–H groups in total. The Morgan fingerprint density at radius 1 is 1.28 bits per heavy atom. The Hall–Kier alpha value is -0.510. The van der Waals surface area contributed by atoms with Crippen molar-refractivity contribution in [2.45, 2.75) is 25.4 Å². The molecule has 0 radical (unpaired) electrons. The summed E-state index contributed by atoms with van der Waals surface area (Å²) in [5.41, 5.74) is 3.09. The van der Waals surface area contributed by atoms with Gasteiger partial charge in [-0.2, -0.15) is 11.8 Å². The van der Waals surface area contributed by atoms with Gasteiger partial charge in [0.1, 0.15) is 0 Å². The Kier molecular flexibility index (Phi) is 4.24. The van der Waals surface area contributed by atoms with Gasteiger partial charge >= 0.3 is 0 Å². The predicted octanol–water partition coefficient (Wildman–Crippen LogP) is 2.14. The van der Waals surface area contributed by atoms with Gasteiger partial charge < -0.3 is 5.32 Å². The molecule has 2 aliphatic heterocycles. The number of hydrogen-bond acceptors (Lipinski definition) is 3. The summed E-state index contributed by atoms with van der Waals surface area (Å²) in [5.74, 6) is 2.58. The molecule has 2 aliphatic rings. The Morgan fingerprint density at radius 3 is 3.00 bits per heavy atom. The highest BCUT2D eigenvalue weighted by Crippen LogP contribution is 2.19. The van der Waals surface area contributed by atoms with E-state index in [4.69, 9.17) is 0 Å². The van der Waals surface area contributed by atoms with E-state index in [0.29, 0.717) is 0 Å². The summed E-state index contributed by atoms with van der Waals surface area (Å²) in [6.45, 7) is 4.82. The molecule has 0 aromatic heterocycles. The summed E-state index contributed by atoms with van der Waals surface area (Å²) in [7, 11) is 0. The zero-order valence-electron chi connectivity index (χ0n) is 10.9. The third-order valence-corrected chi connectivity index (χ3v) is 5.13. The van der Waals surface area contributed by atoms with Crippen molar-refractivity contribution in [3.05, 3.63) is 35.4 Å². The minimum Gasteiger partial charge on any atom is -0.312 e. The lowest BCUT2D eigenvalue weighted by molar-refractivity contribution is 0.241. The number of nitrogens with zero attached hydrogens (tertiary/aromatic N) is 1. The molecule has 0 spiro atoms. The van der Waals surface area contributed by atoms with Crippen molar-refractivity contribution in [1.82, 2.24) is 10.2 Å². The summed E-state index contributed by atoms with van der Waals surface area (Å²) in [6.07, 6.45) is 2.53.